The molecule has 0 fully saturated rings. The number of amides is 1. The zero-order valence-corrected chi connectivity index (χ0v) is 15.1. The van der Waals surface area contributed by atoms with E-state index in [0.29, 0.717) is 11.1 Å². The summed E-state index contributed by atoms with van der Waals surface area (Å²) < 4.78 is 0. The van der Waals surface area contributed by atoms with E-state index in [2.05, 4.69) is 10.6 Å². The lowest BCUT2D eigenvalue weighted by atomic mass is 10.0. The topological polar surface area (TPSA) is 122 Å². The van der Waals surface area contributed by atoms with Gasteiger partial charge in [-0.15, -0.1) is 0 Å². The van der Waals surface area contributed by atoms with Gasteiger partial charge in [0.15, 0.2) is 0 Å². The number of benzene rings is 2. The van der Waals surface area contributed by atoms with Crippen molar-refractivity contribution in [1.82, 2.24) is 5.32 Å². The molecular weight excluding hydrogens is 346 g/mol. The van der Waals surface area contributed by atoms with Crippen LogP contribution >= 0.6 is 0 Å². The van der Waals surface area contributed by atoms with Gasteiger partial charge in [0.25, 0.3) is 5.91 Å². The van der Waals surface area contributed by atoms with Crippen LogP contribution in [0.15, 0.2) is 48.2 Å². The molecule has 0 aliphatic heterocycles. The van der Waals surface area contributed by atoms with Gasteiger partial charge in [0, 0.05) is 22.7 Å². The molecule has 7 heteroatoms. The molecule has 0 saturated carbocycles. The van der Waals surface area contributed by atoms with Crippen LogP contribution in [0.4, 0.5) is 5.69 Å². The number of carboxylic acids is 1. The van der Waals surface area contributed by atoms with E-state index in [4.69, 9.17) is 0 Å². The number of aromatic hydroxyl groups is 1. The molecule has 1 unspecified atom stereocenters. The summed E-state index contributed by atoms with van der Waals surface area (Å²) in [4.78, 5) is 23.5. The van der Waals surface area contributed by atoms with Crippen LogP contribution in [-0.2, 0) is 9.59 Å². The smallest absolute Gasteiger partial charge is 0.326 e. The predicted molar refractivity (Wildman–Crippen MR) is 102 cm³/mol. The third kappa shape index (κ3) is 4.98. The molecule has 0 heterocycles. The highest BCUT2D eigenvalue weighted by Gasteiger charge is 2.22. The van der Waals surface area contributed by atoms with Gasteiger partial charge in [0.1, 0.15) is 23.4 Å². The van der Waals surface area contributed by atoms with Crippen LogP contribution in [0.2, 0.25) is 0 Å². The number of rotatable bonds is 7. The molecule has 2 rings (SSSR count). The molecule has 2 aromatic rings. The van der Waals surface area contributed by atoms with Crippen molar-refractivity contribution in [3.8, 4) is 11.8 Å². The van der Waals surface area contributed by atoms with Gasteiger partial charge in [-0.25, -0.2) is 4.79 Å². The number of hydrogen-bond donors (Lipinski definition) is 4. The number of nitriles is 1. The van der Waals surface area contributed by atoms with Gasteiger partial charge in [-0.3, -0.25) is 4.79 Å². The van der Waals surface area contributed by atoms with Crippen molar-refractivity contribution in [2.75, 3.05) is 5.32 Å². The van der Waals surface area contributed by atoms with Crippen LogP contribution in [0, 0.1) is 17.2 Å². The van der Waals surface area contributed by atoms with E-state index in [9.17, 15) is 25.1 Å². The maximum absolute atomic E-state index is 12.3. The summed E-state index contributed by atoms with van der Waals surface area (Å²) in [6.45, 7) is 3.70. The Balaban J connectivity index is 2.22. The van der Waals surface area contributed by atoms with E-state index in [0.717, 1.165) is 5.39 Å². The number of fused-ring (bicyclic) bond motifs is 1. The van der Waals surface area contributed by atoms with E-state index in [-0.39, 0.29) is 23.7 Å². The van der Waals surface area contributed by atoms with Crippen LogP contribution in [-0.4, -0.2) is 28.1 Å². The molecule has 1 atom stereocenters. The van der Waals surface area contributed by atoms with Gasteiger partial charge in [0.05, 0.1) is 0 Å². The minimum atomic E-state index is -1.15. The molecule has 0 aromatic heterocycles. The Morgan fingerprint density at radius 1 is 1.19 bits per heavy atom. The molecule has 0 radical (unpaired) electrons. The number of phenols is 1. The number of hydrogen-bond acceptors (Lipinski definition) is 5. The number of phenolic OH excluding ortho intramolecular Hbond substituents is 1. The fourth-order valence-corrected chi connectivity index (χ4v) is 2.65. The van der Waals surface area contributed by atoms with Gasteiger partial charge < -0.3 is 20.8 Å². The van der Waals surface area contributed by atoms with Gasteiger partial charge in [0.2, 0.25) is 0 Å². The summed E-state index contributed by atoms with van der Waals surface area (Å²) in [5.74, 6) is -1.72. The lowest BCUT2D eigenvalue weighted by Gasteiger charge is -2.16. The van der Waals surface area contributed by atoms with Crippen LogP contribution in [0.25, 0.3) is 10.8 Å². The molecule has 2 aromatic carbocycles. The Kier molecular flexibility index (Phi) is 6.39. The Morgan fingerprint density at radius 3 is 2.48 bits per heavy atom. The average molecular weight is 367 g/mol. The number of aliphatic carboxylic acids is 1. The maximum atomic E-state index is 12.3. The fraction of sp³-hybridized carbons (Fsp3) is 0.250. The SMILES string of the molecule is CC(C)CC(NC(=O)/C(C#N)=C\Nc1cccc2c(O)cccc12)C(=O)O. The summed E-state index contributed by atoms with van der Waals surface area (Å²) in [5.41, 5.74) is 0.350. The van der Waals surface area contributed by atoms with Crippen molar-refractivity contribution in [1.29, 1.82) is 5.26 Å². The zero-order valence-electron chi connectivity index (χ0n) is 15.1. The quantitative estimate of drug-likeness (QED) is 0.441. The first-order valence-corrected chi connectivity index (χ1v) is 8.44. The lowest BCUT2D eigenvalue weighted by Crippen LogP contribution is -2.42. The van der Waals surface area contributed by atoms with Crippen molar-refractivity contribution in [2.45, 2.75) is 26.3 Å². The first-order valence-electron chi connectivity index (χ1n) is 8.44. The van der Waals surface area contributed by atoms with Crippen LogP contribution < -0.4 is 10.6 Å². The molecule has 1 amide bonds. The maximum Gasteiger partial charge on any atom is 0.326 e. The molecular formula is C20H21N3O4. The highest BCUT2D eigenvalue weighted by Crippen LogP contribution is 2.29. The Bertz CT molecular complexity index is 928. The molecule has 140 valence electrons. The monoisotopic (exact) mass is 367 g/mol. The lowest BCUT2D eigenvalue weighted by molar-refractivity contribution is -0.141. The Morgan fingerprint density at radius 2 is 1.85 bits per heavy atom. The number of carbonyl (C=O) groups excluding carboxylic acids is 1. The molecule has 0 saturated heterocycles. The van der Waals surface area contributed by atoms with Crippen molar-refractivity contribution < 1.29 is 19.8 Å². The normalized spacial score (nSPS) is 12.4. The molecule has 0 aliphatic rings. The van der Waals surface area contributed by atoms with E-state index in [1.807, 2.05) is 13.8 Å². The van der Waals surface area contributed by atoms with Gasteiger partial charge in [-0.05, 0) is 24.5 Å². The molecule has 4 N–H and O–H groups in total. The first-order chi connectivity index (χ1) is 12.8. The minimum Gasteiger partial charge on any atom is -0.507 e. The van der Waals surface area contributed by atoms with E-state index in [1.165, 1.54) is 6.20 Å². The van der Waals surface area contributed by atoms with Crippen molar-refractivity contribution >= 4 is 28.3 Å². The summed E-state index contributed by atoms with van der Waals surface area (Å²) in [6.07, 6.45) is 1.48. The standard InChI is InChI=1S/C20H21N3O4/c1-12(2)9-17(20(26)27)23-19(25)13(10-21)11-22-16-7-3-6-15-14(16)5-4-8-18(15)24/h3-8,11-12,17,22,24H,9H2,1-2H3,(H,23,25)(H,26,27)/b13-11-. The highest BCUT2D eigenvalue weighted by atomic mass is 16.4. The second kappa shape index (κ2) is 8.72. The molecule has 0 aliphatic carbocycles. The summed E-state index contributed by atoms with van der Waals surface area (Å²) >= 11 is 0. The summed E-state index contributed by atoms with van der Waals surface area (Å²) in [6, 6.07) is 11.0. The minimum absolute atomic E-state index is 0.0717. The third-order valence-corrected chi connectivity index (χ3v) is 3.95. The number of carbonyl (C=O) groups is 2. The number of carboxylic acid groups (broad SMARTS) is 1. The predicted octanol–water partition coefficient (Wildman–Crippen LogP) is 2.98. The fourth-order valence-electron chi connectivity index (χ4n) is 2.65. The molecule has 7 nitrogen and oxygen atoms in total. The second-order valence-corrected chi connectivity index (χ2v) is 6.49. The van der Waals surface area contributed by atoms with Crippen molar-refractivity contribution in [2.24, 2.45) is 5.92 Å². The van der Waals surface area contributed by atoms with E-state index < -0.39 is 17.9 Å². The van der Waals surface area contributed by atoms with Gasteiger partial charge >= 0.3 is 5.97 Å². The van der Waals surface area contributed by atoms with Crippen molar-refractivity contribution in [3.63, 3.8) is 0 Å². The first kappa shape index (κ1) is 19.8. The van der Waals surface area contributed by atoms with Crippen LogP contribution in [0.3, 0.4) is 0 Å². The largest absolute Gasteiger partial charge is 0.507 e. The number of nitrogens with one attached hydrogen (secondary N) is 2. The number of nitrogens with zero attached hydrogens (tertiary/aromatic N) is 1. The zero-order chi connectivity index (χ0) is 20.0. The molecule has 0 spiro atoms. The Labute approximate surface area is 156 Å². The summed E-state index contributed by atoms with van der Waals surface area (Å²) in [7, 11) is 0. The van der Waals surface area contributed by atoms with Gasteiger partial charge in [-0.1, -0.05) is 38.1 Å². The second-order valence-electron chi connectivity index (χ2n) is 6.49. The molecule has 27 heavy (non-hydrogen) atoms. The summed E-state index contributed by atoms with van der Waals surface area (Å²) in [5, 5.41) is 35.0. The van der Waals surface area contributed by atoms with Crippen LogP contribution in [0.1, 0.15) is 20.3 Å². The Hall–Kier alpha value is -3.53. The molecule has 0 bridgehead atoms. The van der Waals surface area contributed by atoms with Crippen LogP contribution in [0.5, 0.6) is 5.75 Å². The van der Waals surface area contributed by atoms with E-state index in [1.54, 1.807) is 42.5 Å². The van der Waals surface area contributed by atoms with Crippen molar-refractivity contribution in [3.05, 3.63) is 48.2 Å². The average Bonchev–Trinajstić information content (AvgIpc) is 2.62. The van der Waals surface area contributed by atoms with Gasteiger partial charge in [-0.2, -0.15) is 5.26 Å². The number of anilines is 1. The third-order valence-electron chi connectivity index (χ3n) is 3.95. The highest BCUT2D eigenvalue weighted by molar-refractivity contribution is 6.01. The van der Waals surface area contributed by atoms with E-state index >= 15 is 0 Å².